The van der Waals surface area contributed by atoms with E-state index in [-0.39, 0.29) is 24.6 Å². The molecule has 1 unspecified atom stereocenters. The fraction of sp³-hybridized carbons (Fsp3) is 0.333. The van der Waals surface area contributed by atoms with Gasteiger partial charge in [-0.15, -0.1) is 0 Å². The Morgan fingerprint density at radius 3 is 2.76 bits per heavy atom. The second-order valence-electron chi connectivity index (χ2n) is 8.40. The number of aromatic nitrogens is 3. The molecule has 0 aliphatic carbocycles. The van der Waals surface area contributed by atoms with Gasteiger partial charge in [0.15, 0.2) is 6.10 Å². The number of nitrogens with zero attached hydrogens (tertiary/aromatic N) is 3. The number of fused-ring (bicyclic) bond motifs is 2. The Labute approximate surface area is 189 Å². The van der Waals surface area contributed by atoms with Crippen molar-refractivity contribution in [2.45, 2.75) is 25.4 Å². The van der Waals surface area contributed by atoms with E-state index in [2.05, 4.69) is 15.0 Å². The number of ether oxygens (including phenoxy) is 3. The molecular formula is C24H24F2N4O3. The van der Waals surface area contributed by atoms with Gasteiger partial charge in [0.25, 0.3) is 5.92 Å². The Kier molecular flexibility index (Phi) is 5.28. The highest BCUT2D eigenvalue weighted by atomic mass is 19.3. The predicted molar refractivity (Wildman–Crippen MR) is 121 cm³/mol. The van der Waals surface area contributed by atoms with Crippen LogP contribution in [0, 0.1) is 6.92 Å². The Balaban J connectivity index is 1.56. The summed E-state index contributed by atoms with van der Waals surface area (Å²) in [5.41, 5.74) is 2.51. The molecule has 7 nitrogen and oxygen atoms in total. The van der Waals surface area contributed by atoms with Crippen LogP contribution in [0.5, 0.6) is 23.1 Å². The van der Waals surface area contributed by atoms with Gasteiger partial charge in [-0.3, -0.25) is 0 Å². The van der Waals surface area contributed by atoms with Crippen LogP contribution in [0.2, 0.25) is 0 Å². The van der Waals surface area contributed by atoms with Crippen molar-refractivity contribution in [1.29, 1.82) is 0 Å². The molecule has 172 valence electrons. The maximum absolute atomic E-state index is 14.7. The molecular weight excluding hydrogens is 430 g/mol. The summed E-state index contributed by atoms with van der Waals surface area (Å²) in [6, 6.07) is 10.9. The Morgan fingerprint density at radius 2 is 1.97 bits per heavy atom. The number of benzene rings is 2. The summed E-state index contributed by atoms with van der Waals surface area (Å²) in [6.45, 7) is 2.13. The van der Waals surface area contributed by atoms with Crippen LogP contribution in [0.4, 0.5) is 8.78 Å². The zero-order chi connectivity index (χ0) is 23.2. The third kappa shape index (κ3) is 4.16. The van der Waals surface area contributed by atoms with Gasteiger partial charge < -0.3 is 24.1 Å². The van der Waals surface area contributed by atoms with Crippen molar-refractivity contribution >= 4 is 21.8 Å². The number of piperidine rings is 1. The number of hydrogen-bond donors (Lipinski definition) is 1. The van der Waals surface area contributed by atoms with Crippen LogP contribution in [0.15, 0.2) is 42.7 Å². The zero-order valence-electron chi connectivity index (χ0n) is 18.6. The minimum atomic E-state index is -3.00. The Morgan fingerprint density at radius 1 is 1.12 bits per heavy atom. The molecule has 4 aromatic rings. The van der Waals surface area contributed by atoms with Crippen LogP contribution in [0.3, 0.4) is 0 Å². The third-order valence-corrected chi connectivity index (χ3v) is 5.81. The molecule has 0 saturated carbocycles. The fourth-order valence-corrected chi connectivity index (χ4v) is 4.21. The summed E-state index contributed by atoms with van der Waals surface area (Å²) < 4.78 is 46.8. The van der Waals surface area contributed by atoms with Crippen LogP contribution >= 0.6 is 0 Å². The van der Waals surface area contributed by atoms with Gasteiger partial charge in [0.1, 0.15) is 29.0 Å². The lowest BCUT2D eigenvalue weighted by Gasteiger charge is -2.36. The van der Waals surface area contributed by atoms with Gasteiger partial charge in [0.05, 0.1) is 19.2 Å². The van der Waals surface area contributed by atoms with Gasteiger partial charge in [-0.05, 0) is 38.2 Å². The molecule has 0 amide bonds. The van der Waals surface area contributed by atoms with E-state index in [0.717, 1.165) is 16.6 Å². The predicted octanol–water partition coefficient (Wildman–Crippen LogP) is 4.94. The molecule has 1 aliphatic heterocycles. The van der Waals surface area contributed by atoms with Gasteiger partial charge >= 0.3 is 0 Å². The molecule has 0 bridgehead atoms. The normalized spacial score (nSPS) is 18.5. The summed E-state index contributed by atoms with van der Waals surface area (Å²) in [7, 11) is 3.18. The number of nitrogens with one attached hydrogen (secondary N) is 1. The van der Waals surface area contributed by atoms with E-state index in [9.17, 15) is 8.78 Å². The van der Waals surface area contributed by atoms with Crippen molar-refractivity contribution < 1.29 is 23.0 Å². The van der Waals surface area contributed by atoms with Crippen molar-refractivity contribution in [3.63, 3.8) is 0 Å². The van der Waals surface area contributed by atoms with Crippen LogP contribution in [-0.2, 0) is 0 Å². The van der Waals surface area contributed by atoms with Crippen LogP contribution in [0.1, 0.15) is 12.1 Å². The molecule has 3 heterocycles. The minimum absolute atomic E-state index is 0.190. The third-order valence-electron chi connectivity index (χ3n) is 5.81. The van der Waals surface area contributed by atoms with Gasteiger partial charge in [-0.25, -0.2) is 18.7 Å². The van der Waals surface area contributed by atoms with Gasteiger partial charge in [-0.1, -0.05) is 0 Å². The highest BCUT2D eigenvalue weighted by Gasteiger charge is 2.45. The van der Waals surface area contributed by atoms with Crippen molar-refractivity contribution in [2.75, 3.05) is 27.2 Å². The number of H-pyrrole nitrogens is 1. The molecule has 1 N–H and O–H groups in total. The summed E-state index contributed by atoms with van der Waals surface area (Å²) in [5, 5.41) is 1.41. The standard InChI is InChI=1S/C24H24F2N4O3/c1-14-8-15-9-16(4-5-18(15)29-14)32-23-22-19(27-13-28-23)10-17(31-3)11-20(22)33-21-6-7-30(2)12-24(21,25)26/h4-5,8-11,13,21,29H,6-7,12H2,1-3H3. The first-order valence-electron chi connectivity index (χ1n) is 10.7. The molecule has 1 aliphatic rings. The molecule has 5 rings (SSSR count). The molecule has 1 saturated heterocycles. The highest BCUT2D eigenvalue weighted by Crippen LogP contribution is 2.40. The second kappa shape index (κ2) is 8.15. The number of rotatable bonds is 5. The van der Waals surface area contributed by atoms with E-state index >= 15 is 0 Å². The lowest BCUT2D eigenvalue weighted by molar-refractivity contribution is -0.134. The molecule has 2 aromatic heterocycles. The van der Waals surface area contributed by atoms with Gasteiger partial charge in [0.2, 0.25) is 5.88 Å². The lowest BCUT2D eigenvalue weighted by Crippen LogP contribution is -2.52. The largest absolute Gasteiger partial charge is 0.497 e. The van der Waals surface area contributed by atoms with E-state index in [1.54, 1.807) is 24.1 Å². The van der Waals surface area contributed by atoms with Crippen LogP contribution in [-0.4, -0.2) is 59.1 Å². The lowest BCUT2D eigenvalue weighted by atomic mass is 10.0. The topological polar surface area (TPSA) is 72.5 Å². The van der Waals surface area contributed by atoms with Crippen molar-refractivity contribution in [3.05, 3.63) is 48.4 Å². The summed E-state index contributed by atoms with van der Waals surface area (Å²) in [4.78, 5) is 13.4. The number of likely N-dealkylation sites (tertiary alicyclic amines) is 1. The van der Waals surface area contributed by atoms with Gasteiger partial charge in [0, 0.05) is 41.7 Å². The first-order valence-corrected chi connectivity index (χ1v) is 10.7. The smallest absolute Gasteiger partial charge is 0.296 e. The Hall–Kier alpha value is -3.46. The minimum Gasteiger partial charge on any atom is -0.497 e. The SMILES string of the molecule is COc1cc(OC2CCN(C)CC2(F)F)c2c(Oc3ccc4[nH]c(C)cc4c3)ncnc2c1. The number of aromatic amines is 1. The maximum atomic E-state index is 14.7. The van der Waals surface area contributed by atoms with Crippen LogP contribution < -0.4 is 14.2 Å². The Bertz CT molecular complexity index is 1320. The van der Waals surface area contributed by atoms with Crippen molar-refractivity contribution in [2.24, 2.45) is 0 Å². The number of aryl methyl sites for hydroxylation is 1. The van der Waals surface area contributed by atoms with E-state index < -0.39 is 12.0 Å². The monoisotopic (exact) mass is 454 g/mol. The molecule has 1 fully saturated rings. The van der Waals surface area contributed by atoms with Crippen LogP contribution in [0.25, 0.3) is 21.8 Å². The van der Waals surface area contributed by atoms with Crippen molar-refractivity contribution in [1.82, 2.24) is 19.9 Å². The molecule has 1 atom stereocenters. The summed E-state index contributed by atoms with van der Waals surface area (Å²) in [5.74, 6) is -1.57. The van der Waals surface area contributed by atoms with Crippen molar-refractivity contribution in [3.8, 4) is 23.1 Å². The average molecular weight is 454 g/mol. The molecule has 33 heavy (non-hydrogen) atoms. The first-order chi connectivity index (χ1) is 15.8. The number of alkyl halides is 2. The second-order valence-corrected chi connectivity index (χ2v) is 8.40. The number of hydrogen-bond acceptors (Lipinski definition) is 6. The first kappa shape index (κ1) is 21.4. The molecule has 2 aromatic carbocycles. The maximum Gasteiger partial charge on any atom is 0.296 e. The number of methoxy groups -OCH3 is 1. The van der Waals surface area contributed by atoms with E-state index in [0.29, 0.717) is 28.9 Å². The summed E-state index contributed by atoms with van der Waals surface area (Å²) >= 11 is 0. The molecule has 0 spiro atoms. The highest BCUT2D eigenvalue weighted by molar-refractivity contribution is 5.91. The zero-order valence-corrected chi connectivity index (χ0v) is 18.6. The van der Waals surface area contributed by atoms with Gasteiger partial charge in [-0.2, -0.15) is 0 Å². The quantitative estimate of drug-likeness (QED) is 0.461. The summed E-state index contributed by atoms with van der Waals surface area (Å²) in [6.07, 6.45) is 0.274. The fourth-order valence-electron chi connectivity index (χ4n) is 4.21. The average Bonchev–Trinajstić information content (AvgIpc) is 3.14. The molecule has 9 heteroatoms. The van der Waals surface area contributed by atoms with E-state index in [4.69, 9.17) is 14.2 Å². The van der Waals surface area contributed by atoms with E-state index in [1.807, 2.05) is 31.2 Å². The van der Waals surface area contributed by atoms with E-state index in [1.165, 1.54) is 13.4 Å². The number of halogens is 2. The molecule has 0 radical (unpaired) electrons.